The number of amides is 4. The average Bonchev–Trinajstić information content (AvgIpc) is 2.35. The third kappa shape index (κ3) is 2.29. The lowest BCUT2D eigenvalue weighted by Crippen LogP contribution is -2.69. The van der Waals surface area contributed by atoms with Gasteiger partial charge in [-0.1, -0.05) is 19.3 Å². The number of carbonyl (C=O) groups excluding carboxylic acids is 2. The highest BCUT2D eigenvalue weighted by Crippen LogP contribution is 2.25. The van der Waals surface area contributed by atoms with Crippen LogP contribution in [-0.2, 0) is 0 Å². The number of carbonyl (C=O) groups is 2. The molecule has 0 aromatic rings. The second-order valence-corrected chi connectivity index (χ2v) is 5.34. The number of hydrogen-bond donors (Lipinski definition) is 1. The third-order valence-electron chi connectivity index (χ3n) is 3.78. The number of nitrogens with zero attached hydrogens (tertiary/aromatic N) is 3. The van der Waals surface area contributed by atoms with Gasteiger partial charge in [0.15, 0.2) is 6.29 Å². The smallest absolute Gasteiger partial charge is 0.304 e. The maximum Gasteiger partial charge on any atom is 0.330 e. The van der Waals surface area contributed by atoms with Gasteiger partial charge in [-0.05, 0) is 26.9 Å². The molecule has 102 valence electrons. The normalized spacial score (nSPS) is 26.8. The van der Waals surface area contributed by atoms with Crippen LogP contribution in [0.3, 0.4) is 0 Å². The third-order valence-corrected chi connectivity index (χ3v) is 3.78. The summed E-state index contributed by atoms with van der Waals surface area (Å²) in [6.45, 7) is 0. The van der Waals surface area contributed by atoms with Gasteiger partial charge in [0.05, 0.1) is 0 Å². The maximum atomic E-state index is 12.3. The van der Waals surface area contributed by atoms with E-state index in [1.807, 2.05) is 19.0 Å². The van der Waals surface area contributed by atoms with Gasteiger partial charge < -0.3 is 5.32 Å². The van der Waals surface area contributed by atoms with E-state index in [1.54, 1.807) is 11.9 Å². The summed E-state index contributed by atoms with van der Waals surface area (Å²) in [4.78, 5) is 29.2. The van der Waals surface area contributed by atoms with Crippen molar-refractivity contribution in [3.8, 4) is 0 Å². The van der Waals surface area contributed by atoms with Crippen LogP contribution in [-0.4, -0.2) is 60.2 Å². The lowest BCUT2D eigenvalue weighted by molar-refractivity contribution is 0.0441. The Hall–Kier alpha value is -1.30. The molecule has 6 heteroatoms. The van der Waals surface area contributed by atoms with Crippen LogP contribution in [0, 0.1) is 0 Å². The van der Waals surface area contributed by atoms with Crippen LogP contribution in [0.4, 0.5) is 9.59 Å². The summed E-state index contributed by atoms with van der Waals surface area (Å²) in [7, 11) is 5.40. The monoisotopic (exact) mass is 254 g/mol. The van der Waals surface area contributed by atoms with Gasteiger partial charge in [-0.25, -0.2) is 14.5 Å². The van der Waals surface area contributed by atoms with Gasteiger partial charge in [0.25, 0.3) is 0 Å². The van der Waals surface area contributed by atoms with Gasteiger partial charge in [0.1, 0.15) is 0 Å². The molecule has 0 bridgehead atoms. The number of urea groups is 2. The molecule has 1 saturated heterocycles. The Balaban J connectivity index is 2.12. The Morgan fingerprint density at radius 2 is 1.78 bits per heavy atom. The number of hydrogen-bond acceptors (Lipinski definition) is 3. The Labute approximate surface area is 108 Å². The standard InChI is InChI=1S/C12H22N4O2/c1-14(2)10-13-11(17)16(12(18)15(10)3)9-7-5-4-6-8-9/h9-10H,4-8H2,1-3H3,(H,13,17). The van der Waals surface area contributed by atoms with Crippen LogP contribution in [0.15, 0.2) is 0 Å². The van der Waals surface area contributed by atoms with Crippen molar-refractivity contribution in [1.82, 2.24) is 20.0 Å². The zero-order chi connectivity index (χ0) is 13.3. The zero-order valence-electron chi connectivity index (χ0n) is 11.3. The van der Waals surface area contributed by atoms with E-state index < -0.39 is 0 Å². The summed E-state index contributed by atoms with van der Waals surface area (Å²) in [5.41, 5.74) is 0. The van der Waals surface area contributed by atoms with Crippen molar-refractivity contribution in [1.29, 1.82) is 0 Å². The number of imide groups is 1. The van der Waals surface area contributed by atoms with Crippen molar-refractivity contribution in [2.24, 2.45) is 0 Å². The Kier molecular flexibility index (Phi) is 3.75. The quantitative estimate of drug-likeness (QED) is 0.806. The minimum absolute atomic E-state index is 0.0665. The summed E-state index contributed by atoms with van der Waals surface area (Å²) in [5, 5.41) is 2.86. The molecule has 1 atom stereocenters. The van der Waals surface area contributed by atoms with E-state index in [-0.39, 0.29) is 24.4 Å². The summed E-state index contributed by atoms with van der Waals surface area (Å²) >= 11 is 0. The Bertz CT molecular complexity index is 339. The minimum atomic E-state index is -0.357. The summed E-state index contributed by atoms with van der Waals surface area (Å²) in [6.07, 6.45) is 4.91. The van der Waals surface area contributed by atoms with Gasteiger partial charge in [0.2, 0.25) is 0 Å². The molecular weight excluding hydrogens is 232 g/mol. The molecule has 2 aliphatic rings. The molecule has 2 rings (SSSR count). The average molecular weight is 254 g/mol. The molecule has 4 amide bonds. The maximum absolute atomic E-state index is 12.3. The van der Waals surface area contributed by atoms with Gasteiger partial charge >= 0.3 is 12.1 Å². The fourth-order valence-electron chi connectivity index (χ4n) is 2.77. The first-order chi connectivity index (χ1) is 8.52. The molecule has 0 spiro atoms. The Morgan fingerprint density at radius 3 is 2.33 bits per heavy atom. The van der Waals surface area contributed by atoms with Crippen LogP contribution >= 0.6 is 0 Å². The van der Waals surface area contributed by atoms with Crippen molar-refractivity contribution < 1.29 is 9.59 Å². The molecule has 1 aliphatic carbocycles. The van der Waals surface area contributed by atoms with E-state index >= 15 is 0 Å². The first-order valence-corrected chi connectivity index (χ1v) is 6.55. The second-order valence-electron chi connectivity index (χ2n) is 5.34. The van der Waals surface area contributed by atoms with Crippen LogP contribution in [0.1, 0.15) is 32.1 Å². The number of rotatable bonds is 2. The molecule has 0 aromatic carbocycles. The van der Waals surface area contributed by atoms with Gasteiger partial charge in [0, 0.05) is 13.1 Å². The topological polar surface area (TPSA) is 55.9 Å². The van der Waals surface area contributed by atoms with E-state index in [0.29, 0.717) is 0 Å². The molecule has 0 radical (unpaired) electrons. The van der Waals surface area contributed by atoms with E-state index in [0.717, 1.165) is 25.7 Å². The fourth-order valence-corrected chi connectivity index (χ4v) is 2.77. The molecular formula is C12H22N4O2. The van der Waals surface area contributed by atoms with E-state index in [1.165, 1.54) is 11.3 Å². The highest BCUT2D eigenvalue weighted by atomic mass is 16.2. The van der Waals surface area contributed by atoms with Crippen LogP contribution < -0.4 is 5.32 Å². The minimum Gasteiger partial charge on any atom is -0.304 e. The second kappa shape index (κ2) is 5.14. The van der Waals surface area contributed by atoms with Gasteiger partial charge in [-0.3, -0.25) is 9.80 Å². The molecule has 6 nitrogen and oxygen atoms in total. The molecule has 1 aliphatic heterocycles. The predicted octanol–water partition coefficient (Wildman–Crippen LogP) is 1.24. The van der Waals surface area contributed by atoms with Crippen molar-refractivity contribution in [2.75, 3.05) is 21.1 Å². The largest absolute Gasteiger partial charge is 0.330 e. The lowest BCUT2D eigenvalue weighted by Gasteiger charge is -2.44. The molecule has 18 heavy (non-hydrogen) atoms. The molecule has 1 N–H and O–H groups in total. The fraction of sp³-hybridized carbons (Fsp3) is 0.833. The van der Waals surface area contributed by atoms with Crippen LogP contribution in [0.2, 0.25) is 0 Å². The van der Waals surface area contributed by atoms with Gasteiger partial charge in [-0.15, -0.1) is 0 Å². The highest BCUT2D eigenvalue weighted by Gasteiger charge is 2.40. The first kappa shape index (κ1) is 13.1. The zero-order valence-corrected chi connectivity index (χ0v) is 11.3. The van der Waals surface area contributed by atoms with E-state index in [2.05, 4.69) is 5.32 Å². The van der Waals surface area contributed by atoms with E-state index in [9.17, 15) is 9.59 Å². The summed E-state index contributed by atoms with van der Waals surface area (Å²) in [5.74, 6) is 0. The SMILES string of the molecule is CN(C)C1NC(=O)N(C2CCCCC2)C(=O)N1C. The summed E-state index contributed by atoms with van der Waals surface area (Å²) in [6, 6.07) is -0.384. The van der Waals surface area contributed by atoms with Crippen molar-refractivity contribution in [3.63, 3.8) is 0 Å². The van der Waals surface area contributed by atoms with Crippen molar-refractivity contribution in [3.05, 3.63) is 0 Å². The predicted molar refractivity (Wildman–Crippen MR) is 67.9 cm³/mol. The highest BCUT2D eigenvalue weighted by molar-refractivity contribution is 5.96. The van der Waals surface area contributed by atoms with Crippen LogP contribution in [0.5, 0.6) is 0 Å². The first-order valence-electron chi connectivity index (χ1n) is 6.55. The van der Waals surface area contributed by atoms with Crippen molar-refractivity contribution >= 4 is 12.1 Å². The Morgan fingerprint density at radius 1 is 1.17 bits per heavy atom. The molecule has 2 fully saturated rings. The summed E-state index contributed by atoms with van der Waals surface area (Å²) < 4.78 is 0. The molecule has 1 saturated carbocycles. The molecule has 1 heterocycles. The molecule has 0 aromatic heterocycles. The van der Waals surface area contributed by atoms with Crippen LogP contribution in [0.25, 0.3) is 0 Å². The van der Waals surface area contributed by atoms with Crippen molar-refractivity contribution in [2.45, 2.75) is 44.4 Å². The van der Waals surface area contributed by atoms with Gasteiger partial charge in [-0.2, -0.15) is 0 Å². The number of nitrogens with one attached hydrogen (secondary N) is 1. The van der Waals surface area contributed by atoms with E-state index in [4.69, 9.17) is 0 Å². The lowest BCUT2D eigenvalue weighted by atomic mass is 9.94. The molecule has 1 unspecified atom stereocenters.